The van der Waals surface area contributed by atoms with Gasteiger partial charge in [-0.3, -0.25) is 4.79 Å². The van der Waals surface area contributed by atoms with Crippen molar-refractivity contribution in [3.63, 3.8) is 0 Å². The molecule has 0 aromatic rings. The van der Waals surface area contributed by atoms with Gasteiger partial charge in [0.05, 0.1) is 18.8 Å². The summed E-state index contributed by atoms with van der Waals surface area (Å²) in [5.41, 5.74) is 0. The fraction of sp³-hybridized carbons (Fsp3) is 0.889. The Morgan fingerprint density at radius 2 is 2.23 bits per heavy atom. The molecular formula is C9H16N2O2. The highest BCUT2D eigenvalue weighted by Gasteiger charge is 2.39. The zero-order valence-corrected chi connectivity index (χ0v) is 8.19. The zero-order valence-electron chi connectivity index (χ0n) is 8.19. The number of nitrogens with zero attached hydrogens (tertiary/aromatic N) is 2. The minimum atomic E-state index is 0.175. The molecule has 74 valence electrons. The third kappa shape index (κ3) is 1.56. The molecule has 0 radical (unpaired) electrons. The minimum absolute atomic E-state index is 0.175. The first-order valence-electron chi connectivity index (χ1n) is 4.76. The Balaban J connectivity index is 2.09. The zero-order chi connectivity index (χ0) is 9.42. The molecule has 2 rings (SSSR count). The summed E-state index contributed by atoms with van der Waals surface area (Å²) in [4.78, 5) is 15.5. The van der Waals surface area contributed by atoms with Gasteiger partial charge in [0.15, 0.2) is 0 Å². The van der Waals surface area contributed by atoms with Crippen molar-refractivity contribution in [3.05, 3.63) is 0 Å². The van der Waals surface area contributed by atoms with Crippen molar-refractivity contribution in [1.29, 1.82) is 0 Å². The van der Waals surface area contributed by atoms with Gasteiger partial charge in [0, 0.05) is 26.6 Å². The highest BCUT2D eigenvalue weighted by molar-refractivity contribution is 5.73. The maximum absolute atomic E-state index is 11.3. The maximum atomic E-state index is 11.3. The average molecular weight is 184 g/mol. The van der Waals surface area contributed by atoms with Crippen LogP contribution in [0.4, 0.5) is 0 Å². The van der Waals surface area contributed by atoms with E-state index in [2.05, 4.69) is 11.9 Å². The molecule has 0 unspecified atom stereocenters. The van der Waals surface area contributed by atoms with E-state index in [1.54, 1.807) is 6.92 Å². The van der Waals surface area contributed by atoms with Gasteiger partial charge >= 0.3 is 0 Å². The summed E-state index contributed by atoms with van der Waals surface area (Å²) in [6.45, 7) is 4.98. The summed E-state index contributed by atoms with van der Waals surface area (Å²) in [5, 5.41) is 0. The molecule has 2 heterocycles. The lowest BCUT2D eigenvalue weighted by Crippen LogP contribution is -2.52. The average Bonchev–Trinajstić information content (AvgIpc) is 2.43. The largest absolute Gasteiger partial charge is 0.373 e. The van der Waals surface area contributed by atoms with Crippen molar-refractivity contribution < 1.29 is 9.53 Å². The van der Waals surface area contributed by atoms with Crippen LogP contribution >= 0.6 is 0 Å². The molecule has 0 aliphatic carbocycles. The van der Waals surface area contributed by atoms with Crippen LogP contribution in [0.15, 0.2) is 0 Å². The smallest absolute Gasteiger partial charge is 0.219 e. The Morgan fingerprint density at radius 3 is 2.92 bits per heavy atom. The highest BCUT2D eigenvalue weighted by Crippen LogP contribution is 2.21. The second-order valence-corrected chi connectivity index (χ2v) is 3.91. The lowest BCUT2D eigenvalue weighted by Gasteiger charge is -2.36. The first-order valence-corrected chi connectivity index (χ1v) is 4.76. The van der Waals surface area contributed by atoms with Crippen LogP contribution in [0.25, 0.3) is 0 Å². The maximum Gasteiger partial charge on any atom is 0.219 e. The van der Waals surface area contributed by atoms with Crippen LogP contribution in [0, 0.1) is 0 Å². The summed E-state index contributed by atoms with van der Waals surface area (Å²) in [5.74, 6) is 0.175. The molecule has 2 fully saturated rings. The number of ether oxygens (including phenoxy) is 1. The Kier molecular flexibility index (Phi) is 2.26. The van der Waals surface area contributed by atoms with Gasteiger partial charge in [0.25, 0.3) is 0 Å². The number of likely N-dealkylation sites (tertiary alicyclic amines) is 1. The number of carbonyl (C=O) groups is 1. The molecule has 2 atom stereocenters. The normalized spacial score (nSPS) is 34.8. The summed E-state index contributed by atoms with van der Waals surface area (Å²) >= 11 is 0. The Hall–Kier alpha value is -0.610. The molecule has 1 amide bonds. The highest BCUT2D eigenvalue weighted by atomic mass is 16.5. The molecule has 4 nitrogen and oxygen atoms in total. The topological polar surface area (TPSA) is 32.8 Å². The molecule has 0 bridgehead atoms. The van der Waals surface area contributed by atoms with Gasteiger partial charge in [-0.15, -0.1) is 0 Å². The molecule has 4 heteroatoms. The van der Waals surface area contributed by atoms with E-state index < -0.39 is 0 Å². The minimum Gasteiger partial charge on any atom is -0.373 e. The Bertz CT molecular complexity index is 220. The van der Waals surface area contributed by atoms with E-state index in [9.17, 15) is 4.79 Å². The molecule has 2 aliphatic heterocycles. The second kappa shape index (κ2) is 3.27. The number of rotatable bonds is 0. The van der Waals surface area contributed by atoms with Gasteiger partial charge in [0.2, 0.25) is 5.91 Å². The Labute approximate surface area is 78.4 Å². The first-order chi connectivity index (χ1) is 6.18. The summed E-state index contributed by atoms with van der Waals surface area (Å²) in [6, 6.07) is 0.288. The van der Waals surface area contributed by atoms with Crippen molar-refractivity contribution in [3.8, 4) is 0 Å². The van der Waals surface area contributed by atoms with E-state index in [4.69, 9.17) is 4.74 Å². The van der Waals surface area contributed by atoms with Gasteiger partial charge in [-0.2, -0.15) is 0 Å². The fourth-order valence-electron chi connectivity index (χ4n) is 2.26. The number of amides is 1. The van der Waals surface area contributed by atoms with Crippen molar-refractivity contribution in [2.45, 2.75) is 19.1 Å². The van der Waals surface area contributed by atoms with E-state index in [0.717, 1.165) is 19.6 Å². The van der Waals surface area contributed by atoms with Crippen LogP contribution in [-0.4, -0.2) is 61.1 Å². The SMILES string of the molecule is CC(=O)N1CCO[C@@H]2CN(C)C[C@H]21. The Morgan fingerprint density at radius 1 is 1.46 bits per heavy atom. The van der Waals surface area contributed by atoms with Gasteiger partial charge in [0.1, 0.15) is 0 Å². The first kappa shape index (κ1) is 8.97. The number of hydrogen-bond donors (Lipinski definition) is 0. The molecule has 13 heavy (non-hydrogen) atoms. The molecule has 2 aliphatic rings. The molecule has 2 saturated heterocycles. The third-order valence-electron chi connectivity index (χ3n) is 2.89. The van der Waals surface area contributed by atoms with E-state index >= 15 is 0 Å². The fourth-order valence-corrected chi connectivity index (χ4v) is 2.26. The van der Waals surface area contributed by atoms with Crippen molar-refractivity contribution in [2.75, 3.05) is 33.3 Å². The van der Waals surface area contributed by atoms with Gasteiger partial charge in [-0.25, -0.2) is 0 Å². The molecule has 0 N–H and O–H groups in total. The third-order valence-corrected chi connectivity index (χ3v) is 2.89. The number of hydrogen-bond acceptors (Lipinski definition) is 3. The predicted octanol–water partition coefficient (Wildman–Crippen LogP) is -0.452. The quantitative estimate of drug-likeness (QED) is 0.511. The van der Waals surface area contributed by atoms with E-state index in [-0.39, 0.29) is 18.1 Å². The number of fused-ring (bicyclic) bond motifs is 1. The molecule has 0 spiro atoms. The molecule has 0 saturated carbocycles. The summed E-state index contributed by atoms with van der Waals surface area (Å²) in [6.07, 6.45) is 0.239. The number of morpholine rings is 1. The van der Waals surface area contributed by atoms with Crippen molar-refractivity contribution >= 4 is 5.91 Å². The number of carbonyl (C=O) groups excluding carboxylic acids is 1. The summed E-state index contributed by atoms with van der Waals surface area (Å²) < 4.78 is 5.62. The van der Waals surface area contributed by atoms with Crippen LogP contribution in [0.5, 0.6) is 0 Å². The lowest BCUT2D eigenvalue weighted by atomic mass is 10.1. The number of likely N-dealkylation sites (N-methyl/N-ethyl adjacent to an activating group) is 1. The van der Waals surface area contributed by atoms with Crippen LogP contribution in [0.3, 0.4) is 0 Å². The lowest BCUT2D eigenvalue weighted by molar-refractivity contribution is -0.140. The van der Waals surface area contributed by atoms with E-state index in [1.165, 1.54) is 0 Å². The van der Waals surface area contributed by atoms with Crippen LogP contribution < -0.4 is 0 Å². The predicted molar refractivity (Wildman–Crippen MR) is 48.4 cm³/mol. The van der Waals surface area contributed by atoms with Gasteiger partial charge in [-0.1, -0.05) is 0 Å². The summed E-state index contributed by atoms with van der Waals surface area (Å²) in [7, 11) is 2.07. The molecule has 0 aromatic heterocycles. The van der Waals surface area contributed by atoms with Gasteiger partial charge in [-0.05, 0) is 7.05 Å². The molecular weight excluding hydrogens is 168 g/mol. The van der Waals surface area contributed by atoms with Gasteiger partial charge < -0.3 is 14.5 Å². The monoisotopic (exact) mass is 184 g/mol. The standard InChI is InChI=1S/C9H16N2O2/c1-7(12)11-3-4-13-9-6-10(2)5-8(9)11/h8-9H,3-6H2,1-2H3/t8-,9-/m1/s1. The van der Waals surface area contributed by atoms with E-state index in [0.29, 0.717) is 6.61 Å². The van der Waals surface area contributed by atoms with Crippen LogP contribution in [0.1, 0.15) is 6.92 Å². The van der Waals surface area contributed by atoms with Crippen molar-refractivity contribution in [2.24, 2.45) is 0 Å². The molecule has 0 aromatic carbocycles. The van der Waals surface area contributed by atoms with Crippen LogP contribution in [-0.2, 0) is 9.53 Å². The van der Waals surface area contributed by atoms with Crippen molar-refractivity contribution in [1.82, 2.24) is 9.80 Å². The van der Waals surface area contributed by atoms with E-state index in [1.807, 2.05) is 4.90 Å². The van der Waals surface area contributed by atoms with Crippen LogP contribution in [0.2, 0.25) is 0 Å². The second-order valence-electron chi connectivity index (χ2n) is 3.91.